The Balaban J connectivity index is 1.42. The summed E-state index contributed by atoms with van der Waals surface area (Å²) in [6, 6.07) is 13.9. The van der Waals surface area contributed by atoms with Gasteiger partial charge in [0.05, 0.1) is 17.6 Å². The predicted molar refractivity (Wildman–Crippen MR) is 131 cm³/mol. The summed E-state index contributed by atoms with van der Waals surface area (Å²) in [5.74, 6) is 0.899. The maximum absolute atomic E-state index is 12.7. The van der Waals surface area contributed by atoms with Crippen LogP contribution in [0.3, 0.4) is 0 Å². The molecule has 4 aromatic rings. The number of fused-ring (bicyclic) bond motifs is 1. The summed E-state index contributed by atoms with van der Waals surface area (Å²) >= 11 is 0. The van der Waals surface area contributed by atoms with Crippen molar-refractivity contribution in [1.82, 2.24) is 25.4 Å². The molecule has 0 unspecified atom stereocenters. The van der Waals surface area contributed by atoms with Crippen LogP contribution in [-0.2, 0) is 13.2 Å². The second kappa shape index (κ2) is 10.7. The Labute approximate surface area is 203 Å². The van der Waals surface area contributed by atoms with Crippen molar-refractivity contribution in [2.45, 2.75) is 33.9 Å². The molecule has 0 bridgehead atoms. The summed E-state index contributed by atoms with van der Waals surface area (Å²) in [7, 11) is 0. The number of carbonyl (C=O) groups is 2. The molecule has 4 rings (SSSR count). The topological polar surface area (TPSA) is 107 Å². The van der Waals surface area contributed by atoms with Crippen LogP contribution in [0.5, 0.6) is 11.5 Å². The number of nitrogens with zero attached hydrogens (tertiary/aromatic N) is 3. The van der Waals surface area contributed by atoms with Gasteiger partial charge >= 0.3 is 0 Å². The highest BCUT2D eigenvalue weighted by Gasteiger charge is 2.15. The molecule has 2 aromatic heterocycles. The van der Waals surface area contributed by atoms with Crippen LogP contribution in [0.2, 0.25) is 0 Å². The highest BCUT2D eigenvalue weighted by molar-refractivity contribution is 6.00. The standard InChI is InChI=1S/C26H27N5O4/c1-4-31-17(3)28-21-13-19(8-10-22(21)31)25(32)29-30-26(33)20-9-11-23(24(14-20)34-5-2)35-16-18-7-6-12-27-15-18/h6-15H,4-5,16H2,1-3H3,(H,29,32)(H,30,33). The lowest BCUT2D eigenvalue weighted by atomic mass is 10.2. The average molecular weight is 474 g/mol. The van der Waals surface area contributed by atoms with Crippen molar-refractivity contribution in [2.75, 3.05) is 6.61 Å². The number of carbonyl (C=O) groups excluding carboxylic acids is 2. The Hall–Kier alpha value is -4.40. The number of hydrazine groups is 1. The van der Waals surface area contributed by atoms with Crippen molar-refractivity contribution >= 4 is 22.8 Å². The first-order valence-corrected chi connectivity index (χ1v) is 11.4. The van der Waals surface area contributed by atoms with E-state index in [0.29, 0.717) is 35.8 Å². The van der Waals surface area contributed by atoms with Crippen molar-refractivity contribution < 1.29 is 19.1 Å². The second-order valence-corrected chi connectivity index (χ2v) is 7.76. The van der Waals surface area contributed by atoms with Gasteiger partial charge in [-0.25, -0.2) is 4.98 Å². The summed E-state index contributed by atoms with van der Waals surface area (Å²) in [5, 5.41) is 0. The van der Waals surface area contributed by atoms with Gasteiger partial charge in [-0.3, -0.25) is 25.4 Å². The van der Waals surface area contributed by atoms with Crippen molar-refractivity contribution in [3.8, 4) is 11.5 Å². The van der Waals surface area contributed by atoms with Gasteiger partial charge in [-0.2, -0.15) is 0 Å². The van der Waals surface area contributed by atoms with Gasteiger partial charge < -0.3 is 14.0 Å². The number of benzene rings is 2. The minimum atomic E-state index is -0.481. The number of ether oxygens (including phenoxy) is 2. The number of nitrogens with one attached hydrogen (secondary N) is 2. The maximum Gasteiger partial charge on any atom is 0.269 e. The molecule has 2 N–H and O–H groups in total. The summed E-state index contributed by atoms with van der Waals surface area (Å²) in [5.41, 5.74) is 8.22. The molecule has 9 heteroatoms. The molecule has 2 aromatic carbocycles. The molecule has 35 heavy (non-hydrogen) atoms. The van der Waals surface area contributed by atoms with Crippen LogP contribution in [0.15, 0.2) is 60.9 Å². The van der Waals surface area contributed by atoms with Crippen LogP contribution in [0.4, 0.5) is 0 Å². The highest BCUT2D eigenvalue weighted by atomic mass is 16.5. The summed E-state index contributed by atoms with van der Waals surface area (Å²) in [4.78, 5) is 33.9. The van der Waals surface area contributed by atoms with Crippen molar-refractivity contribution in [3.63, 3.8) is 0 Å². The fourth-order valence-electron chi connectivity index (χ4n) is 3.73. The second-order valence-electron chi connectivity index (χ2n) is 7.76. The van der Waals surface area contributed by atoms with E-state index < -0.39 is 11.8 Å². The molecule has 0 atom stereocenters. The molecule has 0 fully saturated rings. The zero-order valence-electron chi connectivity index (χ0n) is 19.9. The van der Waals surface area contributed by atoms with Crippen LogP contribution in [0.1, 0.15) is 46.0 Å². The lowest BCUT2D eigenvalue weighted by Crippen LogP contribution is -2.41. The molecule has 2 amide bonds. The molecular formula is C26H27N5O4. The van der Waals surface area contributed by atoms with E-state index in [1.165, 1.54) is 0 Å². The Morgan fingerprint density at radius 3 is 2.37 bits per heavy atom. The lowest BCUT2D eigenvalue weighted by Gasteiger charge is -2.14. The van der Waals surface area contributed by atoms with E-state index in [-0.39, 0.29) is 0 Å². The molecule has 0 radical (unpaired) electrons. The van der Waals surface area contributed by atoms with E-state index in [1.807, 2.05) is 39.0 Å². The highest BCUT2D eigenvalue weighted by Crippen LogP contribution is 2.29. The van der Waals surface area contributed by atoms with E-state index in [4.69, 9.17) is 9.47 Å². The summed E-state index contributed by atoms with van der Waals surface area (Å²) in [6.07, 6.45) is 3.42. The Kier molecular flexibility index (Phi) is 7.25. The SMILES string of the molecule is CCOc1cc(C(=O)NNC(=O)c2ccc3c(c2)nc(C)n3CC)ccc1OCc1cccnc1. The van der Waals surface area contributed by atoms with Crippen LogP contribution in [0, 0.1) is 6.92 Å². The first-order chi connectivity index (χ1) is 17.0. The van der Waals surface area contributed by atoms with Gasteiger partial charge in [0.1, 0.15) is 12.4 Å². The van der Waals surface area contributed by atoms with Gasteiger partial charge in [0.15, 0.2) is 11.5 Å². The minimum absolute atomic E-state index is 0.315. The summed E-state index contributed by atoms with van der Waals surface area (Å²) in [6.45, 7) is 7.33. The third-order valence-electron chi connectivity index (χ3n) is 5.43. The quantitative estimate of drug-likeness (QED) is 0.377. The zero-order chi connectivity index (χ0) is 24.8. The molecule has 0 saturated carbocycles. The minimum Gasteiger partial charge on any atom is -0.490 e. The number of imidazole rings is 1. The Bertz CT molecular complexity index is 1350. The Morgan fingerprint density at radius 1 is 0.943 bits per heavy atom. The van der Waals surface area contributed by atoms with E-state index in [1.54, 1.807) is 42.7 Å². The molecule has 2 heterocycles. The summed E-state index contributed by atoms with van der Waals surface area (Å²) < 4.78 is 13.6. The van der Waals surface area contributed by atoms with Crippen LogP contribution < -0.4 is 20.3 Å². The lowest BCUT2D eigenvalue weighted by molar-refractivity contribution is 0.0846. The predicted octanol–water partition coefficient (Wildman–Crippen LogP) is 3.81. The molecule has 0 aliphatic carbocycles. The monoisotopic (exact) mass is 473 g/mol. The van der Waals surface area contributed by atoms with Gasteiger partial charge in [-0.1, -0.05) is 6.07 Å². The van der Waals surface area contributed by atoms with E-state index in [0.717, 1.165) is 29.0 Å². The van der Waals surface area contributed by atoms with E-state index >= 15 is 0 Å². The third-order valence-corrected chi connectivity index (χ3v) is 5.43. The van der Waals surface area contributed by atoms with Crippen molar-refractivity contribution in [2.24, 2.45) is 0 Å². The number of aromatic nitrogens is 3. The smallest absolute Gasteiger partial charge is 0.269 e. The zero-order valence-corrected chi connectivity index (χ0v) is 19.9. The number of pyridine rings is 1. The van der Waals surface area contributed by atoms with Crippen LogP contribution in [0.25, 0.3) is 11.0 Å². The average Bonchev–Trinajstić information content (AvgIpc) is 3.21. The molecule has 0 aliphatic heterocycles. The molecule has 0 saturated heterocycles. The van der Waals surface area contributed by atoms with Gasteiger partial charge in [-0.05, 0) is 63.2 Å². The molecular weight excluding hydrogens is 446 g/mol. The van der Waals surface area contributed by atoms with Crippen molar-refractivity contribution in [1.29, 1.82) is 0 Å². The van der Waals surface area contributed by atoms with Crippen LogP contribution in [-0.4, -0.2) is 33.0 Å². The third kappa shape index (κ3) is 5.40. The van der Waals surface area contributed by atoms with Gasteiger partial charge in [0.25, 0.3) is 11.8 Å². The largest absolute Gasteiger partial charge is 0.490 e. The fourth-order valence-corrected chi connectivity index (χ4v) is 3.73. The maximum atomic E-state index is 12.7. The number of hydrogen-bond donors (Lipinski definition) is 2. The van der Waals surface area contributed by atoms with E-state index in [9.17, 15) is 9.59 Å². The molecule has 0 spiro atoms. The molecule has 180 valence electrons. The number of aryl methyl sites for hydroxylation is 2. The Morgan fingerprint density at radius 2 is 1.69 bits per heavy atom. The fraction of sp³-hybridized carbons (Fsp3) is 0.231. The number of rotatable bonds is 8. The van der Waals surface area contributed by atoms with Gasteiger partial charge in [0, 0.05) is 35.6 Å². The van der Waals surface area contributed by atoms with Gasteiger partial charge in [0.2, 0.25) is 0 Å². The first-order valence-electron chi connectivity index (χ1n) is 11.4. The normalized spacial score (nSPS) is 10.7. The molecule has 9 nitrogen and oxygen atoms in total. The van der Waals surface area contributed by atoms with E-state index in [2.05, 4.69) is 25.4 Å². The van der Waals surface area contributed by atoms with Crippen molar-refractivity contribution in [3.05, 3.63) is 83.4 Å². The van der Waals surface area contributed by atoms with Gasteiger partial charge in [-0.15, -0.1) is 0 Å². The first kappa shape index (κ1) is 23.7. The van der Waals surface area contributed by atoms with Crippen LogP contribution >= 0.6 is 0 Å². The molecule has 0 aliphatic rings. The number of hydrogen-bond acceptors (Lipinski definition) is 6. The number of amides is 2.